The maximum Gasteiger partial charge on any atom is 0.0320 e. The van der Waals surface area contributed by atoms with Gasteiger partial charge in [0.1, 0.15) is 0 Å². The lowest BCUT2D eigenvalue weighted by Crippen LogP contribution is -2.30. The standard InChI is InChI=1S/C12H23N/c1-9-10(7-11(2,3)4)8-12(5,6)13-9/h10,13H,1,7-8H2,2-6H3. The van der Waals surface area contributed by atoms with E-state index in [0.717, 1.165) is 0 Å². The minimum absolute atomic E-state index is 0.257. The molecule has 13 heavy (non-hydrogen) atoms. The molecule has 0 bridgehead atoms. The summed E-state index contributed by atoms with van der Waals surface area (Å²) in [5, 5.41) is 3.47. The molecule has 0 aliphatic carbocycles. The zero-order chi connectivity index (χ0) is 10.3. The maximum atomic E-state index is 4.10. The van der Waals surface area contributed by atoms with Gasteiger partial charge in [0.05, 0.1) is 0 Å². The van der Waals surface area contributed by atoms with Crippen LogP contribution in [-0.4, -0.2) is 5.54 Å². The summed E-state index contributed by atoms with van der Waals surface area (Å²) in [5.74, 6) is 0.662. The first-order chi connectivity index (χ1) is 5.70. The lowest BCUT2D eigenvalue weighted by Gasteiger charge is -2.23. The molecule has 1 nitrogen and oxygen atoms in total. The molecule has 76 valence electrons. The third kappa shape index (κ3) is 3.06. The van der Waals surface area contributed by atoms with Crippen molar-refractivity contribution >= 4 is 0 Å². The van der Waals surface area contributed by atoms with E-state index in [9.17, 15) is 0 Å². The Balaban J connectivity index is 2.59. The van der Waals surface area contributed by atoms with Crippen LogP contribution in [-0.2, 0) is 0 Å². The molecule has 0 spiro atoms. The predicted molar refractivity (Wildman–Crippen MR) is 58.5 cm³/mol. The van der Waals surface area contributed by atoms with Crippen LogP contribution in [0.4, 0.5) is 0 Å². The lowest BCUT2D eigenvalue weighted by atomic mass is 9.81. The van der Waals surface area contributed by atoms with Crippen molar-refractivity contribution in [3.63, 3.8) is 0 Å². The Morgan fingerprint density at radius 1 is 1.46 bits per heavy atom. The smallest absolute Gasteiger partial charge is 0.0320 e. The molecule has 1 aliphatic heterocycles. The van der Waals surface area contributed by atoms with Crippen LogP contribution in [0.3, 0.4) is 0 Å². The van der Waals surface area contributed by atoms with Crippen molar-refractivity contribution in [3.05, 3.63) is 12.3 Å². The number of rotatable bonds is 1. The van der Waals surface area contributed by atoms with E-state index in [4.69, 9.17) is 0 Å². The molecule has 1 unspecified atom stereocenters. The SMILES string of the molecule is C=C1NC(C)(C)CC1CC(C)(C)C. The fourth-order valence-electron chi connectivity index (χ4n) is 2.26. The minimum atomic E-state index is 0.257. The highest BCUT2D eigenvalue weighted by atomic mass is 15.0. The third-order valence-electron chi connectivity index (χ3n) is 2.61. The van der Waals surface area contributed by atoms with Crippen molar-refractivity contribution in [2.24, 2.45) is 11.3 Å². The molecule has 1 aliphatic rings. The summed E-state index contributed by atoms with van der Waals surface area (Å²) in [6.07, 6.45) is 2.46. The van der Waals surface area contributed by atoms with E-state index in [1.165, 1.54) is 18.5 Å². The summed E-state index contributed by atoms with van der Waals surface area (Å²) in [7, 11) is 0. The fourth-order valence-corrected chi connectivity index (χ4v) is 2.26. The highest BCUT2D eigenvalue weighted by molar-refractivity contribution is 5.12. The van der Waals surface area contributed by atoms with E-state index in [1.54, 1.807) is 0 Å². The molecule has 0 aromatic carbocycles. The summed E-state index contributed by atoms with van der Waals surface area (Å²) in [4.78, 5) is 0. The number of nitrogens with one attached hydrogen (secondary N) is 1. The van der Waals surface area contributed by atoms with Gasteiger partial charge in [0.25, 0.3) is 0 Å². The second-order valence-electron chi connectivity index (χ2n) is 6.20. The van der Waals surface area contributed by atoms with Crippen molar-refractivity contribution in [3.8, 4) is 0 Å². The Labute approximate surface area is 82.6 Å². The van der Waals surface area contributed by atoms with Crippen LogP contribution in [0.2, 0.25) is 0 Å². The highest BCUT2D eigenvalue weighted by Gasteiger charge is 2.34. The Bertz CT molecular complexity index is 208. The zero-order valence-corrected chi connectivity index (χ0v) is 9.70. The Morgan fingerprint density at radius 3 is 2.31 bits per heavy atom. The highest BCUT2D eigenvalue weighted by Crippen LogP contribution is 2.37. The summed E-state index contributed by atoms with van der Waals surface area (Å²) in [6.45, 7) is 15.5. The summed E-state index contributed by atoms with van der Waals surface area (Å²) in [6, 6.07) is 0. The van der Waals surface area contributed by atoms with Gasteiger partial charge in [0.2, 0.25) is 0 Å². The minimum Gasteiger partial charge on any atom is -0.384 e. The van der Waals surface area contributed by atoms with E-state index in [1.807, 2.05) is 0 Å². The molecular weight excluding hydrogens is 158 g/mol. The molecule has 1 heterocycles. The molecule has 0 aromatic heterocycles. The second kappa shape index (κ2) is 3.04. The predicted octanol–water partition coefficient (Wildman–Crippen LogP) is 3.32. The van der Waals surface area contributed by atoms with Crippen LogP contribution < -0.4 is 5.32 Å². The van der Waals surface area contributed by atoms with Gasteiger partial charge >= 0.3 is 0 Å². The van der Waals surface area contributed by atoms with Gasteiger partial charge in [-0.15, -0.1) is 0 Å². The van der Waals surface area contributed by atoms with Crippen LogP contribution in [0.5, 0.6) is 0 Å². The van der Waals surface area contributed by atoms with Gasteiger partial charge in [-0.1, -0.05) is 27.4 Å². The quantitative estimate of drug-likeness (QED) is 0.654. The van der Waals surface area contributed by atoms with Crippen molar-refractivity contribution in [1.29, 1.82) is 0 Å². The van der Waals surface area contributed by atoms with E-state index in [2.05, 4.69) is 46.5 Å². The van der Waals surface area contributed by atoms with Crippen molar-refractivity contribution in [1.82, 2.24) is 5.32 Å². The molecule has 1 heteroatoms. The van der Waals surface area contributed by atoms with E-state index < -0.39 is 0 Å². The molecule has 0 radical (unpaired) electrons. The third-order valence-corrected chi connectivity index (χ3v) is 2.61. The first-order valence-corrected chi connectivity index (χ1v) is 5.17. The van der Waals surface area contributed by atoms with Gasteiger partial charge in [-0.25, -0.2) is 0 Å². The van der Waals surface area contributed by atoms with Crippen LogP contribution in [0.15, 0.2) is 12.3 Å². The average molecular weight is 181 g/mol. The normalized spacial score (nSPS) is 27.5. The summed E-state index contributed by atoms with van der Waals surface area (Å²) < 4.78 is 0. The van der Waals surface area contributed by atoms with Crippen LogP contribution in [0.25, 0.3) is 0 Å². The fraction of sp³-hybridized carbons (Fsp3) is 0.833. The molecule has 0 saturated carbocycles. The monoisotopic (exact) mass is 181 g/mol. The van der Waals surface area contributed by atoms with Crippen LogP contribution in [0, 0.1) is 11.3 Å². The Kier molecular flexibility index (Phi) is 2.48. The van der Waals surface area contributed by atoms with Crippen LogP contribution in [0.1, 0.15) is 47.5 Å². The summed E-state index contributed by atoms with van der Waals surface area (Å²) >= 11 is 0. The van der Waals surface area contributed by atoms with Gasteiger partial charge in [-0.2, -0.15) is 0 Å². The first kappa shape index (κ1) is 10.6. The Hall–Kier alpha value is -0.460. The largest absolute Gasteiger partial charge is 0.384 e. The number of allylic oxidation sites excluding steroid dienone is 1. The van der Waals surface area contributed by atoms with Gasteiger partial charge < -0.3 is 5.32 Å². The van der Waals surface area contributed by atoms with E-state index in [-0.39, 0.29) is 5.54 Å². The van der Waals surface area contributed by atoms with E-state index >= 15 is 0 Å². The molecule has 0 amide bonds. The van der Waals surface area contributed by atoms with Crippen molar-refractivity contribution in [2.75, 3.05) is 0 Å². The first-order valence-electron chi connectivity index (χ1n) is 5.17. The topological polar surface area (TPSA) is 12.0 Å². The molecular formula is C12H23N. The van der Waals surface area contributed by atoms with Gasteiger partial charge in [0.15, 0.2) is 0 Å². The average Bonchev–Trinajstić information content (AvgIpc) is 2.00. The maximum absolute atomic E-state index is 4.10. The van der Waals surface area contributed by atoms with Gasteiger partial charge in [-0.05, 0) is 32.1 Å². The van der Waals surface area contributed by atoms with Gasteiger partial charge in [0, 0.05) is 17.2 Å². The van der Waals surface area contributed by atoms with Gasteiger partial charge in [-0.3, -0.25) is 0 Å². The molecule has 1 saturated heterocycles. The molecule has 1 N–H and O–H groups in total. The van der Waals surface area contributed by atoms with Crippen molar-refractivity contribution in [2.45, 2.75) is 53.0 Å². The molecule has 0 aromatic rings. The second-order valence-corrected chi connectivity index (χ2v) is 6.20. The molecule has 1 rings (SSSR count). The van der Waals surface area contributed by atoms with E-state index in [0.29, 0.717) is 11.3 Å². The number of hydrogen-bond acceptors (Lipinski definition) is 1. The number of hydrogen-bond donors (Lipinski definition) is 1. The molecule has 1 atom stereocenters. The van der Waals surface area contributed by atoms with Crippen LogP contribution >= 0.6 is 0 Å². The van der Waals surface area contributed by atoms with Crippen molar-refractivity contribution < 1.29 is 0 Å². The zero-order valence-electron chi connectivity index (χ0n) is 9.70. The Morgan fingerprint density at radius 2 is 2.00 bits per heavy atom. The summed E-state index contributed by atoms with van der Waals surface area (Å²) in [5.41, 5.74) is 1.91. The lowest BCUT2D eigenvalue weighted by molar-refractivity contribution is 0.308. The molecule has 1 fully saturated rings.